The molecule has 1 atom stereocenters. The molecule has 0 radical (unpaired) electrons. The van der Waals surface area contributed by atoms with Gasteiger partial charge < -0.3 is 9.47 Å². The highest BCUT2D eigenvalue weighted by Crippen LogP contribution is 2.25. The van der Waals surface area contributed by atoms with Gasteiger partial charge in [0.05, 0.1) is 11.9 Å². The number of aromatic nitrogens is 2. The van der Waals surface area contributed by atoms with E-state index in [1.165, 1.54) is 4.57 Å². The maximum Gasteiger partial charge on any atom is 0.353 e. The van der Waals surface area contributed by atoms with Crippen LogP contribution in [-0.4, -0.2) is 15.7 Å². The molecule has 18 heavy (non-hydrogen) atoms. The maximum absolute atomic E-state index is 11.9. The lowest BCUT2D eigenvalue weighted by Gasteiger charge is -2.17. The Morgan fingerprint density at radius 3 is 2.78 bits per heavy atom. The van der Waals surface area contributed by atoms with Crippen LogP contribution < -0.4 is 10.4 Å². The van der Waals surface area contributed by atoms with Crippen LogP contribution >= 0.6 is 0 Å². The lowest BCUT2D eigenvalue weighted by Crippen LogP contribution is -2.28. The molecular formula is C13H18N2O3. The van der Waals surface area contributed by atoms with Gasteiger partial charge in [0.15, 0.2) is 6.23 Å². The van der Waals surface area contributed by atoms with Gasteiger partial charge in [-0.05, 0) is 33.8 Å². The summed E-state index contributed by atoms with van der Waals surface area (Å²) in [7, 11) is 0. The fourth-order valence-electron chi connectivity index (χ4n) is 1.85. The van der Waals surface area contributed by atoms with E-state index >= 15 is 0 Å². The van der Waals surface area contributed by atoms with Gasteiger partial charge in [-0.15, -0.1) is 0 Å². The Bertz CT molecular complexity index is 532. The van der Waals surface area contributed by atoms with E-state index in [0.29, 0.717) is 12.3 Å². The predicted molar refractivity (Wildman–Crippen MR) is 67.5 cm³/mol. The summed E-state index contributed by atoms with van der Waals surface area (Å²) in [6.07, 6.45) is 4.11. The zero-order valence-corrected chi connectivity index (χ0v) is 11.1. The molecular weight excluding hydrogens is 232 g/mol. The monoisotopic (exact) mass is 250 g/mol. The molecule has 2 rings (SSSR count). The number of ether oxygens (including phenoxy) is 2. The summed E-state index contributed by atoms with van der Waals surface area (Å²) in [4.78, 5) is 15.9. The molecule has 0 aromatic carbocycles. The summed E-state index contributed by atoms with van der Waals surface area (Å²) in [5.74, 6) is 1.24. The lowest BCUT2D eigenvalue weighted by molar-refractivity contribution is 0.0784. The smallest absolute Gasteiger partial charge is 0.353 e. The van der Waals surface area contributed by atoms with Crippen molar-refractivity contribution in [1.29, 1.82) is 0 Å². The third kappa shape index (κ3) is 2.55. The summed E-state index contributed by atoms with van der Waals surface area (Å²) in [6, 6.07) is 0. The number of hydrogen-bond acceptors (Lipinski definition) is 4. The van der Waals surface area contributed by atoms with E-state index in [9.17, 15) is 4.79 Å². The maximum atomic E-state index is 11.9. The van der Waals surface area contributed by atoms with Crippen molar-refractivity contribution in [3.63, 3.8) is 0 Å². The van der Waals surface area contributed by atoms with Crippen LogP contribution in [0.4, 0.5) is 0 Å². The SMILES string of the molecule is CC1=CC[C@@H](n2cc(C)c(OC(C)C)nc2=O)O1. The van der Waals surface area contributed by atoms with E-state index < -0.39 is 0 Å². The fourth-order valence-corrected chi connectivity index (χ4v) is 1.85. The van der Waals surface area contributed by atoms with E-state index in [4.69, 9.17) is 9.47 Å². The van der Waals surface area contributed by atoms with E-state index in [0.717, 1.165) is 11.3 Å². The van der Waals surface area contributed by atoms with Crippen LogP contribution in [0.25, 0.3) is 0 Å². The molecule has 0 fully saturated rings. The van der Waals surface area contributed by atoms with Crippen molar-refractivity contribution in [1.82, 2.24) is 9.55 Å². The van der Waals surface area contributed by atoms with Crippen molar-refractivity contribution in [3.8, 4) is 5.88 Å². The molecule has 1 aliphatic heterocycles. The highest BCUT2D eigenvalue weighted by atomic mass is 16.5. The minimum absolute atomic E-state index is 0.00177. The second-order valence-electron chi connectivity index (χ2n) is 4.71. The molecule has 0 unspecified atom stereocenters. The molecule has 98 valence electrons. The molecule has 1 aliphatic rings. The Hall–Kier alpha value is -1.78. The minimum atomic E-state index is -0.343. The highest BCUT2D eigenvalue weighted by molar-refractivity contribution is 5.21. The van der Waals surface area contributed by atoms with Gasteiger partial charge in [-0.25, -0.2) is 4.79 Å². The molecule has 5 nitrogen and oxygen atoms in total. The number of aryl methyl sites for hydroxylation is 1. The van der Waals surface area contributed by atoms with Crippen molar-refractivity contribution in [2.75, 3.05) is 0 Å². The largest absolute Gasteiger partial charge is 0.475 e. The van der Waals surface area contributed by atoms with Crippen LogP contribution in [0.5, 0.6) is 5.88 Å². The van der Waals surface area contributed by atoms with Crippen LogP contribution in [0.3, 0.4) is 0 Å². The molecule has 0 saturated carbocycles. The lowest BCUT2D eigenvalue weighted by atomic mass is 10.3. The van der Waals surface area contributed by atoms with Crippen LogP contribution in [-0.2, 0) is 4.74 Å². The molecule has 0 bridgehead atoms. The summed E-state index contributed by atoms with van der Waals surface area (Å²) in [5, 5.41) is 0. The molecule has 0 spiro atoms. The van der Waals surface area contributed by atoms with Gasteiger partial charge in [0.2, 0.25) is 5.88 Å². The Kier molecular flexibility index (Phi) is 3.41. The summed E-state index contributed by atoms with van der Waals surface area (Å²) in [6.45, 7) is 7.55. The topological polar surface area (TPSA) is 53.4 Å². The number of hydrogen-bond donors (Lipinski definition) is 0. The second-order valence-corrected chi connectivity index (χ2v) is 4.71. The van der Waals surface area contributed by atoms with E-state index in [1.54, 1.807) is 6.20 Å². The Morgan fingerprint density at radius 1 is 1.50 bits per heavy atom. The van der Waals surface area contributed by atoms with E-state index in [-0.39, 0.29) is 18.0 Å². The van der Waals surface area contributed by atoms with Gasteiger partial charge in [0, 0.05) is 18.2 Å². The van der Waals surface area contributed by atoms with Gasteiger partial charge in [-0.2, -0.15) is 4.98 Å². The normalized spacial score (nSPS) is 18.7. The fraction of sp³-hybridized carbons (Fsp3) is 0.538. The van der Waals surface area contributed by atoms with Crippen molar-refractivity contribution >= 4 is 0 Å². The average molecular weight is 250 g/mol. The first-order valence-electron chi connectivity index (χ1n) is 6.07. The summed E-state index contributed by atoms with van der Waals surface area (Å²) in [5.41, 5.74) is 0.487. The van der Waals surface area contributed by atoms with Crippen LogP contribution in [0.1, 0.15) is 39.0 Å². The second kappa shape index (κ2) is 4.84. The van der Waals surface area contributed by atoms with Crippen LogP contribution in [0.2, 0.25) is 0 Å². The first-order chi connectivity index (χ1) is 8.47. The summed E-state index contributed by atoms with van der Waals surface area (Å²) >= 11 is 0. The highest BCUT2D eigenvalue weighted by Gasteiger charge is 2.20. The first-order valence-corrected chi connectivity index (χ1v) is 6.07. The van der Waals surface area contributed by atoms with E-state index in [2.05, 4.69) is 4.98 Å². The number of nitrogens with zero attached hydrogens (tertiary/aromatic N) is 2. The van der Waals surface area contributed by atoms with Gasteiger partial charge in [-0.3, -0.25) is 4.57 Å². The predicted octanol–water partition coefficient (Wildman–Crippen LogP) is 2.16. The zero-order chi connectivity index (χ0) is 13.3. The quantitative estimate of drug-likeness (QED) is 0.825. The molecule has 0 N–H and O–H groups in total. The average Bonchev–Trinajstić information content (AvgIpc) is 2.69. The molecule has 0 saturated heterocycles. The number of allylic oxidation sites excluding steroid dienone is 1. The Balaban J connectivity index is 2.29. The molecule has 2 heterocycles. The summed E-state index contributed by atoms with van der Waals surface area (Å²) < 4.78 is 12.5. The van der Waals surface area contributed by atoms with Crippen molar-refractivity contribution < 1.29 is 9.47 Å². The Labute approximate surface area is 106 Å². The standard InChI is InChI=1S/C13H18N2O3/c1-8(2)17-12-9(3)7-15(13(16)14-12)11-6-5-10(4)18-11/h5,7-8,11H,6H2,1-4H3/t11-/m0/s1. The van der Waals surface area contributed by atoms with Crippen molar-refractivity contribution in [2.45, 2.75) is 46.4 Å². The molecule has 0 amide bonds. The van der Waals surface area contributed by atoms with Gasteiger partial charge in [0.1, 0.15) is 0 Å². The van der Waals surface area contributed by atoms with Crippen molar-refractivity contribution in [3.05, 3.63) is 34.1 Å². The Morgan fingerprint density at radius 2 is 2.22 bits per heavy atom. The third-order valence-corrected chi connectivity index (χ3v) is 2.67. The number of rotatable bonds is 3. The van der Waals surface area contributed by atoms with Crippen LogP contribution in [0.15, 0.2) is 22.8 Å². The third-order valence-electron chi connectivity index (χ3n) is 2.67. The molecule has 0 aliphatic carbocycles. The minimum Gasteiger partial charge on any atom is -0.475 e. The van der Waals surface area contributed by atoms with Gasteiger partial charge in [0.25, 0.3) is 0 Å². The van der Waals surface area contributed by atoms with Gasteiger partial charge in [-0.1, -0.05) is 0 Å². The van der Waals surface area contributed by atoms with Gasteiger partial charge >= 0.3 is 5.69 Å². The van der Waals surface area contributed by atoms with Crippen LogP contribution in [0, 0.1) is 6.92 Å². The van der Waals surface area contributed by atoms with Crippen molar-refractivity contribution in [2.24, 2.45) is 0 Å². The first kappa shape index (κ1) is 12.7. The molecule has 5 heteroatoms. The van der Waals surface area contributed by atoms with E-state index in [1.807, 2.05) is 33.8 Å². The molecule has 1 aromatic rings. The molecule has 1 aromatic heterocycles. The zero-order valence-electron chi connectivity index (χ0n) is 11.1.